The van der Waals surface area contributed by atoms with Gasteiger partial charge in [-0.25, -0.2) is 9.59 Å². The first kappa shape index (κ1) is 21.5. The van der Waals surface area contributed by atoms with Gasteiger partial charge < -0.3 is 19.7 Å². The van der Waals surface area contributed by atoms with Gasteiger partial charge in [0, 0.05) is 11.1 Å². The predicted octanol–water partition coefficient (Wildman–Crippen LogP) is 2.87. The van der Waals surface area contributed by atoms with Gasteiger partial charge in [-0.05, 0) is 25.5 Å². The summed E-state index contributed by atoms with van der Waals surface area (Å²) in [5.74, 6) is 4.89. The molecular weight excluding hydrogens is 352 g/mol. The number of benzene rings is 1. The molecule has 27 heavy (non-hydrogen) atoms. The molecule has 1 aromatic rings. The van der Waals surface area contributed by atoms with E-state index in [1.807, 2.05) is 30.3 Å². The summed E-state index contributed by atoms with van der Waals surface area (Å²) in [5.41, 5.74) is 0.431. The van der Waals surface area contributed by atoms with Crippen LogP contribution in [-0.2, 0) is 19.1 Å². The van der Waals surface area contributed by atoms with E-state index in [4.69, 9.17) is 24.5 Å². The predicted molar refractivity (Wildman–Crippen MR) is 96.9 cm³/mol. The molecule has 0 aromatic heterocycles. The Morgan fingerprint density at radius 1 is 1.19 bits per heavy atom. The van der Waals surface area contributed by atoms with Crippen LogP contribution >= 0.6 is 0 Å². The Labute approximate surface area is 156 Å². The van der Waals surface area contributed by atoms with Gasteiger partial charge in [0.15, 0.2) is 6.61 Å². The summed E-state index contributed by atoms with van der Waals surface area (Å²) >= 11 is 0. The highest BCUT2D eigenvalue weighted by Gasteiger charge is 2.36. The Kier molecular flexibility index (Phi) is 8.33. The molecule has 0 radical (unpaired) electrons. The van der Waals surface area contributed by atoms with E-state index >= 15 is 0 Å². The van der Waals surface area contributed by atoms with Crippen molar-refractivity contribution in [1.29, 1.82) is 0 Å². The van der Waals surface area contributed by atoms with Crippen LogP contribution in [-0.4, -0.2) is 42.0 Å². The third-order valence-electron chi connectivity index (χ3n) is 3.52. The van der Waals surface area contributed by atoms with E-state index in [1.165, 1.54) is 7.11 Å². The first-order chi connectivity index (χ1) is 12.8. The second-order valence-corrected chi connectivity index (χ2v) is 5.66. The van der Waals surface area contributed by atoms with E-state index in [9.17, 15) is 9.59 Å². The van der Waals surface area contributed by atoms with Gasteiger partial charge in [-0.1, -0.05) is 48.3 Å². The zero-order valence-electron chi connectivity index (χ0n) is 15.0. The molecule has 7 heteroatoms. The molecule has 1 atom stereocenters. The van der Waals surface area contributed by atoms with Crippen molar-refractivity contribution in [3.8, 4) is 11.8 Å². The van der Waals surface area contributed by atoms with Crippen LogP contribution in [0.1, 0.15) is 18.9 Å². The molecule has 0 amide bonds. The minimum Gasteiger partial charge on any atom is -0.466 e. The molecule has 1 aromatic carbocycles. The Bertz CT molecular complexity index is 793. The Morgan fingerprint density at radius 2 is 1.81 bits per heavy atom. The summed E-state index contributed by atoms with van der Waals surface area (Å²) in [6.07, 6.45) is 3.47. The zero-order valence-corrected chi connectivity index (χ0v) is 15.0. The average Bonchev–Trinajstić information content (AvgIpc) is 2.64. The number of methoxy groups -OCH3 is 1. The molecule has 0 spiro atoms. The summed E-state index contributed by atoms with van der Waals surface area (Å²) in [6, 6.07) is 9.46. The fourth-order valence-corrected chi connectivity index (χ4v) is 2.23. The van der Waals surface area contributed by atoms with Gasteiger partial charge in [0.1, 0.15) is 0 Å². The number of esters is 2. The number of ether oxygens (including phenoxy) is 2. The molecular formula is C20H20O7. The molecule has 0 fully saturated rings. The highest BCUT2D eigenvalue weighted by atomic mass is 16.6. The van der Waals surface area contributed by atoms with Crippen molar-refractivity contribution in [3.05, 3.63) is 59.7 Å². The lowest BCUT2D eigenvalue weighted by atomic mass is 9.80. The summed E-state index contributed by atoms with van der Waals surface area (Å²) < 4.78 is 9.92. The molecule has 0 saturated carbocycles. The molecule has 0 saturated heterocycles. The SMILES string of the molecule is COC(=O)C1=CC=CC(C)(C(=O)OCC#Cc2ccccc2)C1.O=C(O)O. The van der Waals surface area contributed by atoms with Crippen LogP contribution in [0.4, 0.5) is 4.79 Å². The molecule has 1 unspecified atom stereocenters. The smallest absolute Gasteiger partial charge is 0.466 e. The monoisotopic (exact) mass is 372 g/mol. The number of carbonyl (C=O) groups excluding carboxylic acids is 2. The highest BCUT2D eigenvalue weighted by Crippen LogP contribution is 2.33. The van der Waals surface area contributed by atoms with Crippen molar-refractivity contribution in [2.45, 2.75) is 13.3 Å². The molecule has 0 bridgehead atoms. The molecule has 0 aliphatic heterocycles. The van der Waals surface area contributed by atoms with Crippen molar-refractivity contribution in [2.24, 2.45) is 5.41 Å². The van der Waals surface area contributed by atoms with E-state index in [0.29, 0.717) is 5.57 Å². The molecule has 1 aliphatic rings. The van der Waals surface area contributed by atoms with Crippen LogP contribution in [0.25, 0.3) is 0 Å². The van der Waals surface area contributed by atoms with Gasteiger partial charge in [0.2, 0.25) is 0 Å². The fourth-order valence-electron chi connectivity index (χ4n) is 2.23. The van der Waals surface area contributed by atoms with Crippen LogP contribution in [0.5, 0.6) is 0 Å². The summed E-state index contributed by atoms with van der Waals surface area (Å²) in [7, 11) is 1.32. The van der Waals surface area contributed by atoms with Crippen molar-refractivity contribution >= 4 is 18.1 Å². The third kappa shape index (κ3) is 7.48. The van der Waals surface area contributed by atoms with Crippen molar-refractivity contribution in [1.82, 2.24) is 0 Å². The van der Waals surface area contributed by atoms with E-state index in [-0.39, 0.29) is 13.0 Å². The van der Waals surface area contributed by atoms with E-state index in [2.05, 4.69) is 11.8 Å². The van der Waals surface area contributed by atoms with Gasteiger partial charge in [0.25, 0.3) is 0 Å². The summed E-state index contributed by atoms with van der Waals surface area (Å²) in [6.45, 7) is 1.74. The van der Waals surface area contributed by atoms with Gasteiger partial charge in [0.05, 0.1) is 12.5 Å². The molecule has 7 nitrogen and oxygen atoms in total. The molecule has 142 valence electrons. The maximum Gasteiger partial charge on any atom is 0.503 e. The Morgan fingerprint density at radius 3 is 2.41 bits per heavy atom. The first-order valence-electron chi connectivity index (χ1n) is 7.88. The van der Waals surface area contributed by atoms with Crippen LogP contribution in [0, 0.1) is 17.3 Å². The number of hydrogen-bond acceptors (Lipinski definition) is 5. The Balaban J connectivity index is 0.000000828. The average molecular weight is 372 g/mol. The topological polar surface area (TPSA) is 110 Å². The number of carbonyl (C=O) groups is 3. The van der Waals surface area contributed by atoms with Crippen LogP contribution in [0.15, 0.2) is 54.1 Å². The lowest BCUT2D eigenvalue weighted by Crippen LogP contribution is -2.31. The lowest BCUT2D eigenvalue weighted by molar-refractivity contribution is -0.150. The zero-order chi connectivity index (χ0) is 20.3. The number of rotatable bonds is 3. The minimum absolute atomic E-state index is 0.00836. The fraction of sp³-hybridized carbons (Fsp3) is 0.250. The van der Waals surface area contributed by atoms with Crippen LogP contribution < -0.4 is 0 Å². The minimum atomic E-state index is -1.83. The summed E-state index contributed by atoms with van der Waals surface area (Å²) in [5, 5.41) is 13.9. The molecule has 1 aliphatic carbocycles. The largest absolute Gasteiger partial charge is 0.503 e. The first-order valence-corrected chi connectivity index (χ1v) is 7.88. The van der Waals surface area contributed by atoms with Gasteiger partial charge in [-0.15, -0.1) is 0 Å². The van der Waals surface area contributed by atoms with Crippen LogP contribution in [0.2, 0.25) is 0 Å². The molecule has 0 heterocycles. The summed E-state index contributed by atoms with van der Waals surface area (Å²) in [4.78, 5) is 32.4. The molecule has 2 rings (SSSR count). The quantitative estimate of drug-likeness (QED) is 0.620. The number of hydrogen-bond donors (Lipinski definition) is 2. The van der Waals surface area contributed by atoms with E-state index in [1.54, 1.807) is 25.2 Å². The highest BCUT2D eigenvalue weighted by molar-refractivity contribution is 5.91. The van der Waals surface area contributed by atoms with E-state index in [0.717, 1.165) is 5.56 Å². The second kappa shape index (κ2) is 10.5. The lowest BCUT2D eigenvalue weighted by Gasteiger charge is -2.26. The maximum atomic E-state index is 12.3. The molecule has 2 N–H and O–H groups in total. The van der Waals surface area contributed by atoms with Gasteiger partial charge in [-0.2, -0.15) is 0 Å². The third-order valence-corrected chi connectivity index (χ3v) is 3.52. The van der Waals surface area contributed by atoms with Crippen molar-refractivity contribution < 1.29 is 34.1 Å². The van der Waals surface area contributed by atoms with Gasteiger partial charge >= 0.3 is 18.1 Å². The van der Waals surface area contributed by atoms with Crippen molar-refractivity contribution in [3.63, 3.8) is 0 Å². The maximum absolute atomic E-state index is 12.3. The normalized spacial score (nSPS) is 17.2. The number of allylic oxidation sites excluding steroid dienone is 2. The number of carboxylic acid groups (broad SMARTS) is 2. The van der Waals surface area contributed by atoms with Gasteiger partial charge in [-0.3, -0.25) is 4.79 Å². The van der Waals surface area contributed by atoms with Crippen LogP contribution in [0.3, 0.4) is 0 Å². The van der Waals surface area contributed by atoms with Crippen molar-refractivity contribution in [2.75, 3.05) is 13.7 Å². The Hall–Kier alpha value is -3.53. The standard InChI is InChI=1S/C19H18O4.CH2O3/c1-19(12-6-11-16(14-19)17(20)22-2)18(21)23-13-7-10-15-8-4-3-5-9-15;2-1(3)4/h3-6,8-9,11-12H,13-14H2,1-2H3;(H2,2,3,4). The second-order valence-electron chi connectivity index (χ2n) is 5.66. The van der Waals surface area contributed by atoms with E-state index < -0.39 is 23.5 Å².